The molecule has 0 aliphatic carbocycles. The number of fused-ring (bicyclic) bond motifs is 2. The number of ether oxygens (including phenoxy) is 3. The van der Waals surface area contributed by atoms with E-state index in [4.69, 9.17) is 19.2 Å². The van der Waals surface area contributed by atoms with Crippen molar-refractivity contribution in [2.24, 2.45) is 0 Å². The third kappa shape index (κ3) is 4.31. The Morgan fingerprint density at radius 1 is 0.969 bits per heavy atom. The number of anilines is 2. The topological polar surface area (TPSA) is 83.3 Å². The predicted molar refractivity (Wildman–Crippen MR) is 126 cm³/mol. The molecule has 2 aromatic carbocycles. The Bertz CT molecular complexity index is 1220. The molecule has 0 saturated heterocycles. The number of aromatic nitrogens is 4. The van der Waals surface area contributed by atoms with Gasteiger partial charge in [0.15, 0.2) is 11.5 Å². The van der Waals surface area contributed by atoms with Gasteiger partial charge in [0.05, 0.1) is 30.8 Å². The van der Waals surface area contributed by atoms with Gasteiger partial charge in [-0.15, -0.1) is 0 Å². The molecule has 4 aromatic rings. The van der Waals surface area contributed by atoms with E-state index in [2.05, 4.69) is 38.9 Å². The Labute approximate surface area is 187 Å². The minimum absolute atomic E-state index is 0.650. The standard InChI is InChI=1S/C24H29N5O3/c1-5-10-29-20-14-18-17(13-19(20)28-23(29)7-6-11-30-2)24(26-15-25-18)27-16-8-9-21(31-3)22(12-16)32-4/h8-9,12-15H,5-7,10-11H2,1-4H3,(H,25,26,27). The highest BCUT2D eigenvalue weighted by molar-refractivity contribution is 5.99. The molecule has 0 unspecified atom stereocenters. The van der Waals surface area contributed by atoms with Gasteiger partial charge in [0, 0.05) is 43.8 Å². The third-order valence-corrected chi connectivity index (χ3v) is 5.43. The van der Waals surface area contributed by atoms with Gasteiger partial charge in [-0.25, -0.2) is 15.0 Å². The lowest BCUT2D eigenvalue weighted by molar-refractivity contribution is 0.194. The van der Waals surface area contributed by atoms with Gasteiger partial charge in [0.25, 0.3) is 0 Å². The Morgan fingerprint density at radius 3 is 2.56 bits per heavy atom. The Kier molecular flexibility index (Phi) is 6.70. The summed E-state index contributed by atoms with van der Waals surface area (Å²) in [6.07, 6.45) is 4.43. The summed E-state index contributed by atoms with van der Waals surface area (Å²) in [5.41, 5.74) is 3.77. The molecule has 32 heavy (non-hydrogen) atoms. The second kappa shape index (κ2) is 9.82. The molecule has 2 aromatic heterocycles. The fourth-order valence-corrected chi connectivity index (χ4v) is 3.91. The smallest absolute Gasteiger partial charge is 0.162 e. The van der Waals surface area contributed by atoms with Crippen molar-refractivity contribution in [3.05, 3.63) is 42.5 Å². The van der Waals surface area contributed by atoms with E-state index in [1.54, 1.807) is 27.7 Å². The maximum absolute atomic E-state index is 5.42. The van der Waals surface area contributed by atoms with Crippen LogP contribution in [0.3, 0.4) is 0 Å². The molecule has 1 N–H and O–H groups in total. The van der Waals surface area contributed by atoms with Crippen LogP contribution in [0.4, 0.5) is 11.5 Å². The zero-order chi connectivity index (χ0) is 22.5. The van der Waals surface area contributed by atoms with Crippen LogP contribution in [0.15, 0.2) is 36.7 Å². The molecular formula is C24H29N5O3. The second-order valence-corrected chi connectivity index (χ2v) is 7.55. The lowest BCUT2D eigenvalue weighted by atomic mass is 10.2. The zero-order valence-corrected chi connectivity index (χ0v) is 19.0. The van der Waals surface area contributed by atoms with Crippen LogP contribution in [0.2, 0.25) is 0 Å². The highest BCUT2D eigenvalue weighted by Crippen LogP contribution is 2.33. The first-order chi connectivity index (χ1) is 15.7. The summed E-state index contributed by atoms with van der Waals surface area (Å²) < 4.78 is 18.3. The summed E-state index contributed by atoms with van der Waals surface area (Å²) in [4.78, 5) is 14.0. The fraction of sp³-hybridized carbons (Fsp3) is 0.375. The minimum Gasteiger partial charge on any atom is -0.493 e. The lowest BCUT2D eigenvalue weighted by Gasteiger charge is -2.12. The summed E-state index contributed by atoms with van der Waals surface area (Å²) in [5, 5.41) is 4.30. The van der Waals surface area contributed by atoms with Crippen LogP contribution in [0.25, 0.3) is 21.9 Å². The molecule has 4 rings (SSSR count). The minimum atomic E-state index is 0.650. The number of imidazole rings is 1. The van der Waals surface area contributed by atoms with Gasteiger partial charge in [-0.3, -0.25) is 0 Å². The molecule has 0 amide bonds. The summed E-state index contributed by atoms with van der Waals surface area (Å²) in [6.45, 7) is 3.83. The average molecular weight is 436 g/mol. The van der Waals surface area contributed by atoms with Gasteiger partial charge >= 0.3 is 0 Å². The molecule has 8 heteroatoms. The van der Waals surface area contributed by atoms with Gasteiger partial charge in [0.1, 0.15) is 18.0 Å². The van der Waals surface area contributed by atoms with Crippen LogP contribution < -0.4 is 14.8 Å². The second-order valence-electron chi connectivity index (χ2n) is 7.55. The van der Waals surface area contributed by atoms with E-state index < -0.39 is 0 Å². The zero-order valence-electron chi connectivity index (χ0n) is 19.0. The number of methoxy groups -OCH3 is 3. The van der Waals surface area contributed by atoms with Crippen LogP contribution in [-0.2, 0) is 17.7 Å². The quantitative estimate of drug-likeness (QED) is 0.361. The maximum atomic E-state index is 5.42. The number of hydrogen-bond acceptors (Lipinski definition) is 7. The molecule has 0 aliphatic heterocycles. The lowest BCUT2D eigenvalue weighted by Crippen LogP contribution is -2.05. The van der Waals surface area contributed by atoms with Crippen molar-refractivity contribution >= 4 is 33.4 Å². The van der Waals surface area contributed by atoms with E-state index in [1.165, 1.54) is 0 Å². The van der Waals surface area contributed by atoms with E-state index in [1.807, 2.05) is 18.2 Å². The molecular weight excluding hydrogens is 406 g/mol. The van der Waals surface area contributed by atoms with E-state index in [0.717, 1.165) is 71.7 Å². The highest BCUT2D eigenvalue weighted by Gasteiger charge is 2.14. The number of nitrogens with one attached hydrogen (secondary N) is 1. The number of hydrogen-bond donors (Lipinski definition) is 1. The Hall–Kier alpha value is -3.39. The molecule has 0 atom stereocenters. The highest BCUT2D eigenvalue weighted by atomic mass is 16.5. The first-order valence-electron chi connectivity index (χ1n) is 10.8. The fourth-order valence-electron chi connectivity index (χ4n) is 3.91. The van der Waals surface area contributed by atoms with Gasteiger partial charge in [-0.2, -0.15) is 0 Å². The third-order valence-electron chi connectivity index (χ3n) is 5.43. The Balaban J connectivity index is 1.75. The Morgan fingerprint density at radius 2 is 1.81 bits per heavy atom. The normalized spacial score (nSPS) is 11.2. The monoisotopic (exact) mass is 435 g/mol. The van der Waals surface area contributed by atoms with Crippen LogP contribution in [0, 0.1) is 0 Å². The van der Waals surface area contributed by atoms with E-state index in [0.29, 0.717) is 11.5 Å². The molecule has 0 aliphatic rings. The summed E-state index contributed by atoms with van der Waals surface area (Å²) in [6, 6.07) is 9.85. The number of nitrogens with zero attached hydrogens (tertiary/aromatic N) is 4. The van der Waals surface area contributed by atoms with Crippen molar-refractivity contribution in [2.45, 2.75) is 32.7 Å². The molecule has 2 heterocycles. The van der Waals surface area contributed by atoms with Crippen LogP contribution in [-0.4, -0.2) is 47.5 Å². The largest absolute Gasteiger partial charge is 0.493 e. The summed E-state index contributed by atoms with van der Waals surface area (Å²) >= 11 is 0. The van der Waals surface area contributed by atoms with E-state index in [9.17, 15) is 0 Å². The SMILES string of the molecule is CCCn1c(CCCOC)nc2cc3c(Nc4ccc(OC)c(OC)c4)ncnc3cc21. The number of aryl methyl sites for hydroxylation is 2. The van der Waals surface area contributed by atoms with E-state index in [-0.39, 0.29) is 0 Å². The van der Waals surface area contributed by atoms with Crippen LogP contribution in [0.5, 0.6) is 11.5 Å². The van der Waals surface area contributed by atoms with Crippen molar-refractivity contribution < 1.29 is 14.2 Å². The van der Waals surface area contributed by atoms with Crippen molar-refractivity contribution in [1.29, 1.82) is 0 Å². The van der Waals surface area contributed by atoms with Crippen LogP contribution >= 0.6 is 0 Å². The molecule has 0 radical (unpaired) electrons. The maximum Gasteiger partial charge on any atom is 0.162 e. The number of rotatable bonds is 10. The van der Waals surface area contributed by atoms with Gasteiger partial charge in [-0.1, -0.05) is 6.92 Å². The van der Waals surface area contributed by atoms with Gasteiger partial charge < -0.3 is 24.1 Å². The first-order valence-corrected chi connectivity index (χ1v) is 10.8. The van der Waals surface area contributed by atoms with Gasteiger partial charge in [-0.05, 0) is 37.1 Å². The molecule has 8 nitrogen and oxygen atoms in total. The van der Waals surface area contributed by atoms with Crippen molar-refractivity contribution in [3.63, 3.8) is 0 Å². The van der Waals surface area contributed by atoms with Crippen molar-refractivity contribution in [3.8, 4) is 11.5 Å². The van der Waals surface area contributed by atoms with E-state index >= 15 is 0 Å². The first kappa shape index (κ1) is 21.8. The van der Waals surface area contributed by atoms with Crippen LogP contribution in [0.1, 0.15) is 25.6 Å². The van der Waals surface area contributed by atoms with Crippen molar-refractivity contribution in [1.82, 2.24) is 19.5 Å². The predicted octanol–water partition coefficient (Wildman–Crippen LogP) is 4.73. The molecule has 168 valence electrons. The average Bonchev–Trinajstić information content (AvgIpc) is 3.14. The molecule has 0 saturated carbocycles. The summed E-state index contributed by atoms with van der Waals surface area (Å²) in [5.74, 6) is 3.12. The molecule has 0 bridgehead atoms. The molecule has 0 fully saturated rings. The van der Waals surface area contributed by atoms with Gasteiger partial charge in [0.2, 0.25) is 0 Å². The number of benzene rings is 2. The molecule has 0 spiro atoms. The van der Waals surface area contributed by atoms with Crippen molar-refractivity contribution in [2.75, 3.05) is 33.3 Å². The summed E-state index contributed by atoms with van der Waals surface area (Å²) in [7, 11) is 4.97.